The van der Waals surface area contributed by atoms with Crippen molar-refractivity contribution in [2.45, 2.75) is 20.0 Å². The van der Waals surface area contributed by atoms with Gasteiger partial charge in [0.05, 0.1) is 6.10 Å². The molecule has 0 atom stereocenters. The molecule has 0 saturated heterocycles. The normalized spacial score (nSPS) is 11.0. The zero-order chi connectivity index (χ0) is 15.7. The van der Waals surface area contributed by atoms with Gasteiger partial charge in [-0.15, -0.1) is 0 Å². The smallest absolute Gasteiger partial charge is 0.352 e. The van der Waals surface area contributed by atoms with Crippen LogP contribution in [0.25, 0.3) is 22.0 Å². The lowest BCUT2D eigenvalue weighted by Gasteiger charge is -2.12. The van der Waals surface area contributed by atoms with E-state index in [1.807, 2.05) is 44.2 Å². The number of rotatable bonds is 4. The number of carboxylic acid groups (broad SMARTS) is 1. The summed E-state index contributed by atoms with van der Waals surface area (Å²) < 4.78 is 5.74. The molecular formula is C17H16N2O3. The Labute approximate surface area is 127 Å². The summed E-state index contributed by atoms with van der Waals surface area (Å²) in [6.07, 6.45) is 1.72. The topological polar surface area (TPSA) is 75.2 Å². The van der Waals surface area contributed by atoms with Crippen molar-refractivity contribution in [2.75, 3.05) is 0 Å². The minimum atomic E-state index is -0.969. The lowest BCUT2D eigenvalue weighted by molar-refractivity contribution is 0.0691. The summed E-state index contributed by atoms with van der Waals surface area (Å²) in [5.41, 5.74) is 2.76. The van der Waals surface area contributed by atoms with E-state index in [4.69, 9.17) is 9.84 Å². The summed E-state index contributed by atoms with van der Waals surface area (Å²) in [5, 5.41) is 9.91. The van der Waals surface area contributed by atoms with Crippen LogP contribution < -0.4 is 4.74 Å². The highest BCUT2D eigenvalue weighted by Crippen LogP contribution is 2.31. The fourth-order valence-corrected chi connectivity index (χ4v) is 2.34. The molecule has 3 aromatic rings. The first-order chi connectivity index (χ1) is 10.5. The number of hydrogen-bond acceptors (Lipinski definition) is 3. The molecular weight excluding hydrogens is 280 g/mol. The standard InChI is InChI=1S/C17H16N2O3/c1-10(2)22-16-13(4-3-7-18-16)11-5-6-12-9-15(17(20)21)19-14(12)8-11/h3-10,19H,1-2H3,(H,20,21). The maximum absolute atomic E-state index is 11.0. The highest BCUT2D eigenvalue weighted by Gasteiger charge is 2.12. The first kappa shape index (κ1) is 14.1. The number of fused-ring (bicyclic) bond motifs is 1. The maximum Gasteiger partial charge on any atom is 0.352 e. The molecule has 112 valence electrons. The molecule has 2 N–H and O–H groups in total. The van der Waals surface area contributed by atoms with E-state index in [1.165, 1.54) is 0 Å². The quantitative estimate of drug-likeness (QED) is 0.769. The van der Waals surface area contributed by atoms with E-state index in [0.717, 1.165) is 22.0 Å². The van der Waals surface area contributed by atoms with Gasteiger partial charge in [0.1, 0.15) is 5.69 Å². The fourth-order valence-electron chi connectivity index (χ4n) is 2.34. The first-order valence-electron chi connectivity index (χ1n) is 7.02. The SMILES string of the molecule is CC(C)Oc1ncccc1-c1ccc2cc(C(=O)O)[nH]c2c1. The molecule has 0 bridgehead atoms. The Bertz CT molecular complexity index is 837. The minimum absolute atomic E-state index is 0.0291. The number of benzene rings is 1. The van der Waals surface area contributed by atoms with Crippen molar-refractivity contribution >= 4 is 16.9 Å². The predicted molar refractivity (Wildman–Crippen MR) is 84.3 cm³/mol. The summed E-state index contributed by atoms with van der Waals surface area (Å²) >= 11 is 0. The van der Waals surface area contributed by atoms with Crippen LogP contribution in [0.3, 0.4) is 0 Å². The van der Waals surface area contributed by atoms with E-state index in [-0.39, 0.29) is 11.8 Å². The molecule has 2 aromatic heterocycles. The van der Waals surface area contributed by atoms with Crippen LogP contribution in [0.15, 0.2) is 42.6 Å². The highest BCUT2D eigenvalue weighted by molar-refractivity contribution is 5.95. The van der Waals surface area contributed by atoms with Crippen LogP contribution >= 0.6 is 0 Å². The maximum atomic E-state index is 11.0. The Kier molecular flexibility index (Phi) is 3.55. The average molecular weight is 296 g/mol. The third-order valence-electron chi connectivity index (χ3n) is 3.28. The van der Waals surface area contributed by atoms with Crippen LogP contribution in [0.2, 0.25) is 0 Å². The Morgan fingerprint density at radius 1 is 1.27 bits per heavy atom. The molecule has 22 heavy (non-hydrogen) atoms. The van der Waals surface area contributed by atoms with Crippen molar-refractivity contribution in [3.05, 3.63) is 48.3 Å². The number of pyridine rings is 1. The third-order valence-corrected chi connectivity index (χ3v) is 3.28. The third kappa shape index (κ3) is 2.65. The van der Waals surface area contributed by atoms with Gasteiger partial charge < -0.3 is 14.8 Å². The second-order valence-electron chi connectivity index (χ2n) is 5.31. The summed E-state index contributed by atoms with van der Waals surface area (Å²) in [6.45, 7) is 3.90. The minimum Gasteiger partial charge on any atom is -0.477 e. The number of H-pyrrole nitrogens is 1. The number of nitrogens with zero attached hydrogens (tertiary/aromatic N) is 1. The van der Waals surface area contributed by atoms with Crippen LogP contribution in [0.1, 0.15) is 24.3 Å². The summed E-state index contributed by atoms with van der Waals surface area (Å²) in [7, 11) is 0. The van der Waals surface area contributed by atoms with Gasteiger partial charge in [0.2, 0.25) is 5.88 Å². The molecule has 0 saturated carbocycles. The number of ether oxygens (including phenoxy) is 1. The Balaban J connectivity index is 2.08. The van der Waals surface area contributed by atoms with Crippen molar-refractivity contribution in [1.29, 1.82) is 0 Å². The molecule has 0 spiro atoms. The van der Waals surface area contributed by atoms with Gasteiger partial charge in [-0.1, -0.05) is 12.1 Å². The highest BCUT2D eigenvalue weighted by atomic mass is 16.5. The Morgan fingerprint density at radius 2 is 2.09 bits per heavy atom. The van der Waals surface area contributed by atoms with E-state index in [0.29, 0.717) is 5.88 Å². The molecule has 0 aliphatic heterocycles. The van der Waals surface area contributed by atoms with Crippen LogP contribution in [-0.2, 0) is 0 Å². The van der Waals surface area contributed by atoms with Gasteiger partial charge in [-0.2, -0.15) is 0 Å². The van der Waals surface area contributed by atoms with E-state index >= 15 is 0 Å². The van der Waals surface area contributed by atoms with Gasteiger partial charge in [-0.05, 0) is 43.7 Å². The second-order valence-corrected chi connectivity index (χ2v) is 5.31. The van der Waals surface area contributed by atoms with Crippen molar-refractivity contribution < 1.29 is 14.6 Å². The number of hydrogen-bond donors (Lipinski definition) is 2. The Morgan fingerprint density at radius 3 is 2.82 bits per heavy atom. The van der Waals surface area contributed by atoms with Gasteiger partial charge in [-0.3, -0.25) is 0 Å². The predicted octanol–water partition coefficient (Wildman–Crippen LogP) is 3.72. The number of nitrogens with one attached hydrogen (secondary N) is 1. The molecule has 5 heteroatoms. The molecule has 0 radical (unpaired) electrons. The van der Waals surface area contributed by atoms with Crippen molar-refractivity contribution in [3.8, 4) is 17.0 Å². The fraction of sp³-hybridized carbons (Fsp3) is 0.176. The average Bonchev–Trinajstić information content (AvgIpc) is 2.90. The molecule has 0 amide bonds. The lowest BCUT2D eigenvalue weighted by Crippen LogP contribution is -2.07. The van der Waals surface area contributed by atoms with Gasteiger partial charge >= 0.3 is 5.97 Å². The number of aromatic nitrogens is 2. The zero-order valence-corrected chi connectivity index (χ0v) is 12.3. The first-order valence-corrected chi connectivity index (χ1v) is 7.02. The zero-order valence-electron chi connectivity index (χ0n) is 12.3. The van der Waals surface area contributed by atoms with Crippen molar-refractivity contribution in [3.63, 3.8) is 0 Å². The number of carbonyl (C=O) groups is 1. The van der Waals surface area contributed by atoms with E-state index in [2.05, 4.69) is 9.97 Å². The lowest BCUT2D eigenvalue weighted by atomic mass is 10.1. The number of aromatic amines is 1. The molecule has 1 aromatic carbocycles. The van der Waals surface area contributed by atoms with Crippen LogP contribution in [-0.4, -0.2) is 27.1 Å². The molecule has 0 unspecified atom stereocenters. The summed E-state index contributed by atoms with van der Waals surface area (Å²) in [4.78, 5) is 18.2. The van der Waals surface area contributed by atoms with Crippen molar-refractivity contribution in [1.82, 2.24) is 9.97 Å². The summed E-state index contributed by atoms with van der Waals surface area (Å²) in [5.74, 6) is -0.398. The Hall–Kier alpha value is -2.82. The van der Waals surface area contributed by atoms with E-state index in [1.54, 1.807) is 12.3 Å². The van der Waals surface area contributed by atoms with E-state index < -0.39 is 5.97 Å². The number of carboxylic acids is 1. The molecule has 0 aliphatic carbocycles. The largest absolute Gasteiger partial charge is 0.477 e. The van der Waals surface area contributed by atoms with Crippen LogP contribution in [0.5, 0.6) is 5.88 Å². The van der Waals surface area contributed by atoms with Gasteiger partial charge in [-0.25, -0.2) is 9.78 Å². The molecule has 5 nitrogen and oxygen atoms in total. The molecule has 3 rings (SSSR count). The van der Waals surface area contributed by atoms with Gasteiger partial charge in [0.15, 0.2) is 0 Å². The summed E-state index contributed by atoms with van der Waals surface area (Å²) in [6, 6.07) is 11.1. The van der Waals surface area contributed by atoms with Gasteiger partial charge in [0, 0.05) is 22.7 Å². The van der Waals surface area contributed by atoms with Gasteiger partial charge in [0.25, 0.3) is 0 Å². The van der Waals surface area contributed by atoms with E-state index in [9.17, 15) is 4.79 Å². The molecule has 0 fully saturated rings. The molecule has 0 aliphatic rings. The molecule has 2 heterocycles. The van der Waals surface area contributed by atoms with Crippen molar-refractivity contribution in [2.24, 2.45) is 0 Å². The van der Waals surface area contributed by atoms with Crippen LogP contribution in [0.4, 0.5) is 0 Å². The monoisotopic (exact) mass is 296 g/mol. The second kappa shape index (κ2) is 5.52. The number of aromatic carboxylic acids is 1. The van der Waals surface area contributed by atoms with Crippen LogP contribution in [0, 0.1) is 0 Å².